The fourth-order valence-corrected chi connectivity index (χ4v) is 2.57. The van der Waals surface area contributed by atoms with Crippen molar-refractivity contribution in [2.75, 3.05) is 13.6 Å². The van der Waals surface area contributed by atoms with Gasteiger partial charge in [0, 0.05) is 24.6 Å². The Balaban J connectivity index is 1.85. The van der Waals surface area contributed by atoms with E-state index in [0.29, 0.717) is 23.0 Å². The van der Waals surface area contributed by atoms with Crippen molar-refractivity contribution < 1.29 is 14.0 Å². The molecule has 108 valence electrons. The molecule has 1 aromatic rings. The highest BCUT2D eigenvalue weighted by Crippen LogP contribution is 2.14. The number of hydrogen-bond donors (Lipinski definition) is 2. The number of likely N-dealkylation sites (N-methyl/N-ethyl adjacent to an activating group) is 1. The van der Waals surface area contributed by atoms with Gasteiger partial charge in [0.25, 0.3) is 0 Å². The number of likely N-dealkylation sites (tertiary alicyclic amines) is 1. The molecule has 0 aromatic heterocycles. The first-order valence-corrected chi connectivity index (χ1v) is 6.99. The Kier molecular flexibility index (Phi) is 4.59. The normalized spacial score (nSPS) is 18.2. The summed E-state index contributed by atoms with van der Waals surface area (Å²) in [6.45, 7) is 0.833. The van der Waals surface area contributed by atoms with Gasteiger partial charge in [-0.15, -0.1) is 0 Å². The second-order valence-electron chi connectivity index (χ2n) is 4.71. The number of rotatable bonds is 3. The Morgan fingerprint density at radius 3 is 2.85 bits per heavy atom. The highest BCUT2D eigenvalue weighted by molar-refractivity contribution is 9.10. The predicted octanol–water partition coefficient (Wildman–Crippen LogP) is 1.62. The molecule has 1 aliphatic rings. The van der Waals surface area contributed by atoms with E-state index >= 15 is 0 Å². The Morgan fingerprint density at radius 1 is 1.50 bits per heavy atom. The Bertz CT molecular complexity index is 518. The molecular formula is C13H15BrFN3O2. The second-order valence-corrected chi connectivity index (χ2v) is 5.62. The smallest absolute Gasteiger partial charge is 0.315 e. The minimum absolute atomic E-state index is 0.0892. The van der Waals surface area contributed by atoms with Crippen LogP contribution in [0.5, 0.6) is 0 Å². The molecule has 1 aromatic carbocycles. The number of carbonyl (C=O) groups is 2. The largest absolute Gasteiger partial charge is 0.344 e. The first-order chi connectivity index (χ1) is 9.45. The summed E-state index contributed by atoms with van der Waals surface area (Å²) in [4.78, 5) is 24.9. The van der Waals surface area contributed by atoms with E-state index < -0.39 is 12.1 Å². The molecule has 1 unspecified atom stereocenters. The van der Waals surface area contributed by atoms with Crippen molar-refractivity contribution >= 4 is 27.9 Å². The van der Waals surface area contributed by atoms with E-state index in [2.05, 4.69) is 26.6 Å². The van der Waals surface area contributed by atoms with E-state index in [1.807, 2.05) is 0 Å². The van der Waals surface area contributed by atoms with Gasteiger partial charge < -0.3 is 15.5 Å². The van der Waals surface area contributed by atoms with Gasteiger partial charge in [-0.05, 0) is 30.2 Å². The molecule has 1 atom stereocenters. The molecule has 20 heavy (non-hydrogen) atoms. The molecule has 0 saturated carbocycles. The average molecular weight is 344 g/mol. The minimum atomic E-state index is -0.473. The van der Waals surface area contributed by atoms with E-state index in [-0.39, 0.29) is 18.3 Å². The first kappa shape index (κ1) is 14.8. The van der Waals surface area contributed by atoms with E-state index in [0.717, 1.165) is 0 Å². The summed E-state index contributed by atoms with van der Waals surface area (Å²) in [7, 11) is 1.70. The summed E-state index contributed by atoms with van der Waals surface area (Å²) in [6, 6.07) is 3.51. The Morgan fingerprint density at radius 2 is 2.25 bits per heavy atom. The lowest BCUT2D eigenvalue weighted by Gasteiger charge is -2.13. The zero-order valence-corrected chi connectivity index (χ0v) is 12.5. The number of nitrogens with one attached hydrogen (secondary N) is 2. The number of nitrogens with zero attached hydrogens (tertiary/aromatic N) is 1. The summed E-state index contributed by atoms with van der Waals surface area (Å²) in [5.41, 5.74) is 0.641. The fourth-order valence-electron chi connectivity index (χ4n) is 2.06. The van der Waals surface area contributed by atoms with Crippen LogP contribution in [-0.4, -0.2) is 36.5 Å². The van der Waals surface area contributed by atoms with Gasteiger partial charge in [0.1, 0.15) is 11.9 Å². The molecular weight excluding hydrogens is 329 g/mol. The molecule has 0 spiro atoms. The number of hydrogen-bond acceptors (Lipinski definition) is 2. The fraction of sp³-hybridized carbons (Fsp3) is 0.385. The lowest BCUT2D eigenvalue weighted by Crippen LogP contribution is -2.45. The maximum atomic E-state index is 13.2. The summed E-state index contributed by atoms with van der Waals surface area (Å²) < 4.78 is 13.8. The zero-order chi connectivity index (χ0) is 14.7. The summed E-state index contributed by atoms with van der Waals surface area (Å²) >= 11 is 3.19. The molecule has 2 N–H and O–H groups in total. The minimum Gasteiger partial charge on any atom is -0.344 e. The Hall–Kier alpha value is -1.63. The number of amides is 3. The number of halogens is 2. The molecule has 0 radical (unpaired) electrons. The van der Waals surface area contributed by atoms with Crippen LogP contribution in [0.15, 0.2) is 22.7 Å². The van der Waals surface area contributed by atoms with Crippen molar-refractivity contribution in [3.8, 4) is 0 Å². The topological polar surface area (TPSA) is 61.4 Å². The second kappa shape index (κ2) is 6.21. The van der Waals surface area contributed by atoms with Crippen LogP contribution < -0.4 is 10.6 Å². The molecule has 3 amide bonds. The monoisotopic (exact) mass is 343 g/mol. The molecule has 2 rings (SSSR count). The Labute approximate surface area is 124 Å². The standard InChI is InChI=1S/C13H15BrFN3O2/c1-18-3-2-11(12(18)19)17-13(20)16-7-8-4-9(14)6-10(15)5-8/h4-6,11H,2-3,7H2,1H3,(H2,16,17,20). The molecule has 1 fully saturated rings. The van der Waals surface area contributed by atoms with Gasteiger partial charge in [0.2, 0.25) is 5.91 Å². The van der Waals surface area contributed by atoms with E-state index in [1.165, 1.54) is 12.1 Å². The van der Waals surface area contributed by atoms with Crippen LogP contribution >= 0.6 is 15.9 Å². The van der Waals surface area contributed by atoms with Crippen LogP contribution in [0.3, 0.4) is 0 Å². The number of benzene rings is 1. The number of urea groups is 1. The highest BCUT2D eigenvalue weighted by Gasteiger charge is 2.29. The third-order valence-electron chi connectivity index (χ3n) is 3.11. The van der Waals surface area contributed by atoms with Crippen LogP contribution in [-0.2, 0) is 11.3 Å². The SMILES string of the molecule is CN1CCC(NC(=O)NCc2cc(F)cc(Br)c2)C1=O. The van der Waals surface area contributed by atoms with Crippen molar-refractivity contribution in [1.29, 1.82) is 0 Å². The molecule has 1 saturated heterocycles. The first-order valence-electron chi connectivity index (χ1n) is 6.20. The molecule has 0 bridgehead atoms. The van der Waals surface area contributed by atoms with Gasteiger partial charge in [-0.2, -0.15) is 0 Å². The zero-order valence-electron chi connectivity index (χ0n) is 11.0. The molecule has 1 heterocycles. The summed E-state index contributed by atoms with van der Waals surface area (Å²) in [6.07, 6.45) is 0.605. The third-order valence-corrected chi connectivity index (χ3v) is 3.57. The van der Waals surface area contributed by atoms with Crippen molar-refractivity contribution in [2.24, 2.45) is 0 Å². The van der Waals surface area contributed by atoms with E-state index in [4.69, 9.17) is 0 Å². The van der Waals surface area contributed by atoms with Crippen molar-refractivity contribution in [3.05, 3.63) is 34.1 Å². The van der Waals surface area contributed by atoms with Crippen LogP contribution in [0, 0.1) is 5.82 Å². The maximum absolute atomic E-state index is 13.2. The van der Waals surface area contributed by atoms with Gasteiger partial charge >= 0.3 is 6.03 Å². The lowest BCUT2D eigenvalue weighted by atomic mass is 10.2. The van der Waals surface area contributed by atoms with Gasteiger partial charge in [-0.3, -0.25) is 4.79 Å². The van der Waals surface area contributed by atoms with Gasteiger partial charge in [0.15, 0.2) is 0 Å². The van der Waals surface area contributed by atoms with Gasteiger partial charge in [-0.1, -0.05) is 15.9 Å². The van der Waals surface area contributed by atoms with Crippen LogP contribution in [0.4, 0.5) is 9.18 Å². The molecule has 5 nitrogen and oxygen atoms in total. The predicted molar refractivity (Wildman–Crippen MR) is 75.5 cm³/mol. The molecule has 7 heteroatoms. The number of carbonyl (C=O) groups excluding carboxylic acids is 2. The quantitative estimate of drug-likeness (QED) is 0.875. The molecule has 1 aliphatic heterocycles. The average Bonchev–Trinajstić information content (AvgIpc) is 2.67. The highest BCUT2D eigenvalue weighted by atomic mass is 79.9. The summed E-state index contributed by atoms with van der Waals surface area (Å²) in [5, 5.41) is 5.22. The van der Waals surface area contributed by atoms with E-state index in [9.17, 15) is 14.0 Å². The van der Waals surface area contributed by atoms with Crippen LogP contribution in [0.1, 0.15) is 12.0 Å². The van der Waals surface area contributed by atoms with Gasteiger partial charge in [0.05, 0.1) is 0 Å². The van der Waals surface area contributed by atoms with Crippen LogP contribution in [0.25, 0.3) is 0 Å². The van der Waals surface area contributed by atoms with E-state index in [1.54, 1.807) is 18.0 Å². The lowest BCUT2D eigenvalue weighted by molar-refractivity contribution is -0.128. The van der Waals surface area contributed by atoms with Crippen molar-refractivity contribution in [2.45, 2.75) is 19.0 Å². The summed E-state index contributed by atoms with van der Waals surface area (Å²) in [5.74, 6) is -0.460. The maximum Gasteiger partial charge on any atom is 0.315 e. The van der Waals surface area contributed by atoms with Gasteiger partial charge in [-0.25, -0.2) is 9.18 Å². The van der Waals surface area contributed by atoms with Crippen LogP contribution in [0.2, 0.25) is 0 Å². The van der Waals surface area contributed by atoms with Crippen molar-refractivity contribution in [1.82, 2.24) is 15.5 Å². The third kappa shape index (κ3) is 3.69. The molecule has 0 aliphatic carbocycles. The van der Waals surface area contributed by atoms with Crippen molar-refractivity contribution in [3.63, 3.8) is 0 Å².